The van der Waals surface area contributed by atoms with Crippen LogP contribution in [-0.2, 0) is 4.74 Å². The number of hydrogen-bond donors (Lipinski definition) is 3. The highest BCUT2D eigenvalue weighted by molar-refractivity contribution is 7.14. The molecule has 4 aromatic rings. The van der Waals surface area contributed by atoms with E-state index in [0.717, 1.165) is 18.8 Å². The number of carbonyl (C=O) groups is 1. The molecule has 0 unspecified atom stereocenters. The van der Waals surface area contributed by atoms with Crippen LogP contribution in [-0.4, -0.2) is 55.6 Å². The summed E-state index contributed by atoms with van der Waals surface area (Å²) in [4.78, 5) is 38.4. The van der Waals surface area contributed by atoms with E-state index in [4.69, 9.17) is 4.74 Å². The minimum Gasteiger partial charge on any atom is -0.461 e. The summed E-state index contributed by atoms with van der Waals surface area (Å²) in [5, 5.41) is 11.5. The Balaban J connectivity index is 1.23. The normalized spacial score (nSPS) is 13.2. The number of pyridine rings is 1. The van der Waals surface area contributed by atoms with Crippen molar-refractivity contribution in [2.45, 2.75) is 6.92 Å². The monoisotopic (exact) mass is 475 g/mol. The molecule has 0 bridgehead atoms. The number of aromatic nitrogens is 6. The number of esters is 1. The molecule has 0 radical (unpaired) electrons. The summed E-state index contributed by atoms with van der Waals surface area (Å²) in [5.74, 6) is 1.88. The highest BCUT2D eigenvalue weighted by Crippen LogP contribution is 2.22. The number of anilines is 4. The summed E-state index contributed by atoms with van der Waals surface area (Å²) >= 11 is 1.27. The first-order valence-corrected chi connectivity index (χ1v) is 11.5. The van der Waals surface area contributed by atoms with Crippen molar-refractivity contribution in [2.24, 2.45) is 5.92 Å². The van der Waals surface area contributed by atoms with E-state index in [0.29, 0.717) is 46.8 Å². The standard InChI is InChI=1S/C22H21N9O2S/c1-13-3-2-4-15(26-13)19-24-7-5-17(29-19)28-18-6-8-25-21(30-18)31-22-27-16(12-34-22)20(32)33-11-14-9-23-10-14/h2-8,12,14,23H,9-11H2,1H3,(H2,24,25,27,28,29,30,31). The molecule has 172 valence electrons. The van der Waals surface area contributed by atoms with Crippen molar-refractivity contribution >= 4 is 40.0 Å². The first-order chi connectivity index (χ1) is 16.6. The molecule has 11 nitrogen and oxygen atoms in total. The molecule has 1 fully saturated rings. The van der Waals surface area contributed by atoms with Crippen LogP contribution in [0.25, 0.3) is 11.5 Å². The summed E-state index contributed by atoms with van der Waals surface area (Å²) in [7, 11) is 0. The molecule has 3 N–H and O–H groups in total. The molecule has 1 aliphatic heterocycles. The van der Waals surface area contributed by atoms with Gasteiger partial charge in [0.1, 0.15) is 17.3 Å². The van der Waals surface area contributed by atoms with Gasteiger partial charge >= 0.3 is 5.97 Å². The fraction of sp³-hybridized carbons (Fsp3) is 0.227. The highest BCUT2D eigenvalue weighted by Gasteiger charge is 2.20. The lowest BCUT2D eigenvalue weighted by atomic mass is 10.1. The fourth-order valence-corrected chi connectivity index (χ4v) is 3.77. The van der Waals surface area contributed by atoms with E-state index in [1.54, 1.807) is 29.9 Å². The van der Waals surface area contributed by atoms with Crippen molar-refractivity contribution < 1.29 is 9.53 Å². The zero-order valence-electron chi connectivity index (χ0n) is 18.2. The second-order valence-corrected chi connectivity index (χ2v) is 8.46. The van der Waals surface area contributed by atoms with E-state index < -0.39 is 5.97 Å². The predicted molar refractivity (Wildman–Crippen MR) is 127 cm³/mol. The van der Waals surface area contributed by atoms with Gasteiger partial charge < -0.3 is 15.4 Å². The van der Waals surface area contributed by atoms with Gasteiger partial charge in [-0.3, -0.25) is 5.32 Å². The van der Waals surface area contributed by atoms with Crippen molar-refractivity contribution in [2.75, 3.05) is 30.3 Å². The van der Waals surface area contributed by atoms with E-state index in [2.05, 4.69) is 45.9 Å². The van der Waals surface area contributed by atoms with Gasteiger partial charge in [0, 0.05) is 42.5 Å². The average molecular weight is 476 g/mol. The van der Waals surface area contributed by atoms with Gasteiger partial charge in [0.25, 0.3) is 0 Å². The third-order valence-electron chi connectivity index (χ3n) is 4.93. The van der Waals surface area contributed by atoms with Crippen LogP contribution in [0.4, 0.5) is 22.7 Å². The van der Waals surface area contributed by atoms with Gasteiger partial charge in [-0.25, -0.2) is 29.7 Å². The van der Waals surface area contributed by atoms with Gasteiger partial charge in [-0.15, -0.1) is 11.3 Å². The topological polar surface area (TPSA) is 140 Å². The summed E-state index contributed by atoms with van der Waals surface area (Å²) in [6, 6.07) is 9.16. The van der Waals surface area contributed by atoms with E-state index >= 15 is 0 Å². The van der Waals surface area contributed by atoms with Crippen molar-refractivity contribution in [3.63, 3.8) is 0 Å². The fourth-order valence-electron chi connectivity index (χ4n) is 3.09. The quantitative estimate of drug-likeness (QED) is 0.324. The molecule has 1 saturated heterocycles. The molecule has 1 aliphatic rings. The first kappa shape index (κ1) is 21.8. The average Bonchev–Trinajstić information content (AvgIpc) is 3.27. The molecule has 4 aromatic heterocycles. The van der Waals surface area contributed by atoms with Crippen LogP contribution < -0.4 is 16.0 Å². The molecule has 0 spiro atoms. The number of rotatable bonds is 8. The molecule has 0 atom stereocenters. The zero-order valence-corrected chi connectivity index (χ0v) is 19.0. The Bertz CT molecular complexity index is 1310. The summed E-state index contributed by atoms with van der Waals surface area (Å²) in [5.41, 5.74) is 1.84. The van der Waals surface area contributed by atoms with E-state index in [1.165, 1.54) is 11.3 Å². The van der Waals surface area contributed by atoms with E-state index in [1.807, 2.05) is 25.1 Å². The molecule has 34 heavy (non-hydrogen) atoms. The number of nitrogens with one attached hydrogen (secondary N) is 3. The highest BCUT2D eigenvalue weighted by atomic mass is 32.1. The second-order valence-electron chi connectivity index (χ2n) is 7.61. The molecule has 12 heteroatoms. The number of aryl methyl sites for hydroxylation is 1. The maximum atomic E-state index is 12.2. The number of ether oxygens (including phenoxy) is 1. The Kier molecular flexibility index (Phi) is 6.31. The van der Waals surface area contributed by atoms with Gasteiger partial charge in [-0.05, 0) is 31.2 Å². The number of nitrogens with zero attached hydrogens (tertiary/aromatic N) is 6. The molecule has 0 aliphatic carbocycles. The van der Waals surface area contributed by atoms with Crippen LogP contribution in [0.3, 0.4) is 0 Å². The molecule has 0 aromatic carbocycles. The van der Waals surface area contributed by atoms with Gasteiger partial charge in [0.05, 0.1) is 6.61 Å². The van der Waals surface area contributed by atoms with Crippen LogP contribution >= 0.6 is 11.3 Å². The van der Waals surface area contributed by atoms with Crippen molar-refractivity contribution in [1.82, 2.24) is 35.2 Å². The lowest BCUT2D eigenvalue weighted by Gasteiger charge is -2.26. The molecule has 5 rings (SSSR count). The molecular formula is C22H21N9O2S. The van der Waals surface area contributed by atoms with Gasteiger partial charge in [-0.1, -0.05) is 6.07 Å². The maximum Gasteiger partial charge on any atom is 0.357 e. The Morgan fingerprint density at radius 3 is 2.68 bits per heavy atom. The minimum absolute atomic E-state index is 0.257. The van der Waals surface area contributed by atoms with Crippen molar-refractivity contribution in [3.8, 4) is 11.5 Å². The van der Waals surface area contributed by atoms with Gasteiger partial charge in [0.15, 0.2) is 16.6 Å². The summed E-state index contributed by atoms with van der Waals surface area (Å²) in [6.45, 7) is 4.06. The van der Waals surface area contributed by atoms with Gasteiger partial charge in [0.2, 0.25) is 5.95 Å². The zero-order chi connectivity index (χ0) is 23.3. The minimum atomic E-state index is -0.435. The van der Waals surface area contributed by atoms with Crippen LogP contribution in [0.15, 0.2) is 48.1 Å². The SMILES string of the molecule is Cc1cccc(-c2nccc(Nc3ccnc(Nc4nc(C(=O)OCC5CNC5)cs4)n3)n2)n1. The second kappa shape index (κ2) is 9.85. The van der Waals surface area contributed by atoms with E-state index in [-0.39, 0.29) is 5.69 Å². The lowest BCUT2D eigenvalue weighted by molar-refractivity contribution is 0.0392. The summed E-state index contributed by atoms with van der Waals surface area (Å²) < 4.78 is 5.31. The largest absolute Gasteiger partial charge is 0.461 e. The molecule has 0 saturated carbocycles. The Morgan fingerprint density at radius 1 is 1.06 bits per heavy atom. The molecule has 0 amide bonds. The lowest BCUT2D eigenvalue weighted by Crippen LogP contribution is -2.44. The third-order valence-corrected chi connectivity index (χ3v) is 5.69. The van der Waals surface area contributed by atoms with Crippen LogP contribution in [0.2, 0.25) is 0 Å². The molecular weight excluding hydrogens is 454 g/mol. The number of hydrogen-bond acceptors (Lipinski definition) is 12. The Labute approximate surface area is 199 Å². The smallest absolute Gasteiger partial charge is 0.357 e. The Hall–Kier alpha value is -4.03. The molecule has 5 heterocycles. The van der Waals surface area contributed by atoms with E-state index in [9.17, 15) is 4.79 Å². The maximum absolute atomic E-state index is 12.2. The predicted octanol–water partition coefficient (Wildman–Crippen LogP) is 2.96. The summed E-state index contributed by atoms with van der Waals surface area (Å²) in [6.07, 6.45) is 3.27. The Morgan fingerprint density at radius 2 is 1.88 bits per heavy atom. The first-order valence-electron chi connectivity index (χ1n) is 10.6. The number of thiazole rings is 1. The van der Waals surface area contributed by atoms with Crippen molar-refractivity contribution in [3.05, 3.63) is 59.5 Å². The van der Waals surface area contributed by atoms with Crippen LogP contribution in [0.1, 0.15) is 16.2 Å². The van der Waals surface area contributed by atoms with Crippen molar-refractivity contribution in [1.29, 1.82) is 0 Å². The third kappa shape index (κ3) is 5.30. The van der Waals surface area contributed by atoms with Crippen LogP contribution in [0.5, 0.6) is 0 Å². The van der Waals surface area contributed by atoms with Crippen LogP contribution in [0, 0.1) is 12.8 Å². The number of carbonyl (C=O) groups excluding carboxylic acids is 1. The van der Waals surface area contributed by atoms with Gasteiger partial charge in [-0.2, -0.15) is 4.98 Å².